The summed E-state index contributed by atoms with van der Waals surface area (Å²) in [6.07, 6.45) is 1.86. The average molecular weight is 393 g/mol. The standard InChI is InChI=1S/C15H21N7O3.CH2O2/c1-21-12(8-23)19-20-13(21)9-4-3-5-22(7-9)15-17-10(14(24)25-2)6-11(16)18-15;2-1-3/h6,9,23H,3-5,7-8H2,1-2H3,(H2,16,17,18);1H,(H,2,3). The van der Waals surface area contributed by atoms with Crippen LogP contribution in [0.15, 0.2) is 6.07 Å². The van der Waals surface area contributed by atoms with Gasteiger partial charge in [0.2, 0.25) is 5.95 Å². The number of hydrogen-bond acceptors (Lipinski definition) is 10. The van der Waals surface area contributed by atoms with Crippen LogP contribution in [0.2, 0.25) is 0 Å². The number of carboxylic acid groups (broad SMARTS) is 1. The molecule has 0 amide bonds. The molecule has 0 spiro atoms. The Labute approximate surface area is 161 Å². The SMILES string of the molecule is COC(=O)c1cc(N)nc(N2CCCC(c3nnc(CO)n3C)C2)n1.O=CO. The summed E-state index contributed by atoms with van der Waals surface area (Å²) in [7, 11) is 3.14. The molecule has 12 nitrogen and oxygen atoms in total. The molecule has 0 saturated carbocycles. The highest BCUT2D eigenvalue weighted by Crippen LogP contribution is 2.28. The summed E-state index contributed by atoms with van der Waals surface area (Å²) < 4.78 is 6.52. The van der Waals surface area contributed by atoms with E-state index in [1.807, 2.05) is 16.5 Å². The maximum absolute atomic E-state index is 11.7. The van der Waals surface area contributed by atoms with Gasteiger partial charge in [-0.05, 0) is 12.8 Å². The Morgan fingerprint density at radius 3 is 2.75 bits per heavy atom. The molecule has 4 N–H and O–H groups in total. The third-order valence-corrected chi connectivity index (χ3v) is 4.34. The van der Waals surface area contributed by atoms with E-state index in [0.29, 0.717) is 18.3 Å². The first-order chi connectivity index (χ1) is 13.4. The molecule has 28 heavy (non-hydrogen) atoms. The molecule has 0 bridgehead atoms. The van der Waals surface area contributed by atoms with Crippen LogP contribution < -0.4 is 10.6 Å². The molecule has 0 aromatic carbocycles. The molecular formula is C16H23N7O5. The van der Waals surface area contributed by atoms with Gasteiger partial charge in [0.1, 0.15) is 18.2 Å². The minimum Gasteiger partial charge on any atom is -0.483 e. The van der Waals surface area contributed by atoms with E-state index in [4.69, 9.17) is 20.4 Å². The minimum atomic E-state index is -0.551. The number of anilines is 2. The summed E-state index contributed by atoms with van der Waals surface area (Å²) in [5, 5.41) is 24.4. The summed E-state index contributed by atoms with van der Waals surface area (Å²) in [4.78, 5) is 30.6. The molecule has 1 aliphatic rings. The number of aromatic nitrogens is 5. The van der Waals surface area contributed by atoms with Gasteiger partial charge in [-0.1, -0.05) is 0 Å². The number of rotatable bonds is 4. The molecule has 1 aliphatic heterocycles. The lowest BCUT2D eigenvalue weighted by molar-refractivity contribution is -0.122. The predicted molar refractivity (Wildman–Crippen MR) is 97.6 cm³/mol. The highest BCUT2D eigenvalue weighted by molar-refractivity contribution is 5.88. The van der Waals surface area contributed by atoms with Gasteiger partial charge in [0.25, 0.3) is 6.47 Å². The van der Waals surface area contributed by atoms with E-state index in [-0.39, 0.29) is 30.5 Å². The first-order valence-corrected chi connectivity index (χ1v) is 8.49. The number of nitrogens with zero attached hydrogens (tertiary/aromatic N) is 6. The lowest BCUT2D eigenvalue weighted by atomic mass is 9.97. The first-order valence-electron chi connectivity index (χ1n) is 8.49. The maximum Gasteiger partial charge on any atom is 0.356 e. The fourth-order valence-corrected chi connectivity index (χ4v) is 3.04. The van der Waals surface area contributed by atoms with E-state index >= 15 is 0 Å². The molecule has 1 fully saturated rings. The molecule has 1 atom stereocenters. The highest BCUT2D eigenvalue weighted by atomic mass is 16.5. The Bertz CT molecular complexity index is 826. The second-order valence-corrected chi connectivity index (χ2v) is 6.05. The van der Waals surface area contributed by atoms with E-state index in [0.717, 1.165) is 25.2 Å². The smallest absolute Gasteiger partial charge is 0.356 e. The number of hydrogen-bond donors (Lipinski definition) is 3. The Morgan fingerprint density at radius 1 is 1.43 bits per heavy atom. The Balaban J connectivity index is 0.000000878. The van der Waals surface area contributed by atoms with Gasteiger partial charge in [-0.25, -0.2) is 9.78 Å². The van der Waals surface area contributed by atoms with Gasteiger partial charge in [-0.15, -0.1) is 10.2 Å². The van der Waals surface area contributed by atoms with Crippen molar-refractivity contribution in [3.8, 4) is 0 Å². The first kappa shape index (κ1) is 21.0. The molecule has 0 aliphatic carbocycles. The van der Waals surface area contributed by atoms with Crippen molar-refractivity contribution in [1.29, 1.82) is 0 Å². The lowest BCUT2D eigenvalue weighted by Gasteiger charge is -2.32. The second kappa shape index (κ2) is 9.60. The van der Waals surface area contributed by atoms with Crippen LogP contribution in [0.1, 0.15) is 40.9 Å². The normalized spacial score (nSPS) is 16.1. The highest BCUT2D eigenvalue weighted by Gasteiger charge is 2.28. The van der Waals surface area contributed by atoms with Crippen LogP contribution in [0.4, 0.5) is 11.8 Å². The summed E-state index contributed by atoms with van der Waals surface area (Å²) in [6.45, 7) is 0.980. The number of nitrogens with two attached hydrogens (primary N) is 1. The third kappa shape index (κ3) is 4.71. The number of ether oxygens (including phenoxy) is 1. The number of carbonyl (C=O) groups is 2. The van der Waals surface area contributed by atoms with Crippen molar-refractivity contribution in [2.24, 2.45) is 7.05 Å². The van der Waals surface area contributed by atoms with Crippen LogP contribution in [-0.4, -0.2) is 67.6 Å². The van der Waals surface area contributed by atoms with Crippen LogP contribution in [0, 0.1) is 0 Å². The molecule has 12 heteroatoms. The fourth-order valence-electron chi connectivity index (χ4n) is 3.04. The van der Waals surface area contributed by atoms with E-state index in [9.17, 15) is 9.90 Å². The van der Waals surface area contributed by atoms with Gasteiger partial charge in [0.05, 0.1) is 7.11 Å². The van der Waals surface area contributed by atoms with Gasteiger partial charge < -0.3 is 30.2 Å². The third-order valence-electron chi connectivity index (χ3n) is 4.34. The van der Waals surface area contributed by atoms with Crippen molar-refractivity contribution < 1.29 is 24.5 Å². The molecule has 3 rings (SSSR count). The zero-order valence-corrected chi connectivity index (χ0v) is 15.6. The van der Waals surface area contributed by atoms with E-state index in [1.54, 1.807) is 0 Å². The van der Waals surface area contributed by atoms with Crippen molar-refractivity contribution in [2.45, 2.75) is 25.4 Å². The Kier molecular flexibility index (Phi) is 7.21. The summed E-state index contributed by atoms with van der Waals surface area (Å²) in [5.41, 5.74) is 5.94. The zero-order chi connectivity index (χ0) is 20.7. The molecular weight excluding hydrogens is 370 g/mol. The van der Waals surface area contributed by atoms with Gasteiger partial charge >= 0.3 is 5.97 Å². The fraction of sp³-hybridized carbons (Fsp3) is 0.500. The number of methoxy groups -OCH3 is 1. The van der Waals surface area contributed by atoms with E-state index < -0.39 is 5.97 Å². The van der Waals surface area contributed by atoms with Crippen LogP contribution >= 0.6 is 0 Å². The molecule has 2 aromatic heterocycles. The van der Waals surface area contributed by atoms with Crippen molar-refractivity contribution in [2.75, 3.05) is 30.8 Å². The van der Waals surface area contributed by atoms with Gasteiger partial charge in [0.15, 0.2) is 11.5 Å². The van der Waals surface area contributed by atoms with E-state index in [2.05, 4.69) is 20.2 Å². The van der Waals surface area contributed by atoms with Crippen molar-refractivity contribution in [3.63, 3.8) is 0 Å². The lowest BCUT2D eigenvalue weighted by Crippen LogP contribution is -2.37. The summed E-state index contributed by atoms with van der Waals surface area (Å²) in [5.74, 6) is 1.53. The number of piperidine rings is 1. The number of carbonyl (C=O) groups excluding carboxylic acids is 1. The van der Waals surface area contributed by atoms with Crippen molar-refractivity contribution in [3.05, 3.63) is 23.4 Å². The number of nitrogen functional groups attached to an aromatic ring is 1. The van der Waals surface area contributed by atoms with Crippen molar-refractivity contribution >= 4 is 24.2 Å². The summed E-state index contributed by atoms with van der Waals surface area (Å²) in [6, 6.07) is 1.40. The predicted octanol–water partition coefficient (Wildman–Crippen LogP) is -0.449. The maximum atomic E-state index is 11.7. The number of esters is 1. The van der Waals surface area contributed by atoms with Crippen LogP contribution in [0.5, 0.6) is 0 Å². The monoisotopic (exact) mass is 393 g/mol. The summed E-state index contributed by atoms with van der Waals surface area (Å²) >= 11 is 0. The van der Waals surface area contributed by atoms with Crippen LogP contribution in [0.3, 0.4) is 0 Å². The van der Waals surface area contributed by atoms with E-state index in [1.165, 1.54) is 13.2 Å². The molecule has 1 saturated heterocycles. The quantitative estimate of drug-likeness (QED) is 0.454. The number of aliphatic hydroxyl groups excluding tert-OH is 1. The largest absolute Gasteiger partial charge is 0.483 e. The van der Waals surface area contributed by atoms with Crippen LogP contribution in [0.25, 0.3) is 0 Å². The number of aliphatic hydroxyl groups is 1. The molecule has 0 radical (unpaired) electrons. The molecule has 152 valence electrons. The Morgan fingerprint density at radius 2 is 2.14 bits per heavy atom. The Hall–Kier alpha value is -3.28. The van der Waals surface area contributed by atoms with Gasteiger partial charge in [0, 0.05) is 32.1 Å². The van der Waals surface area contributed by atoms with Crippen molar-refractivity contribution in [1.82, 2.24) is 24.7 Å². The topological polar surface area (TPSA) is 170 Å². The molecule has 2 aromatic rings. The minimum absolute atomic E-state index is 0.123. The molecule has 3 heterocycles. The zero-order valence-electron chi connectivity index (χ0n) is 15.6. The second-order valence-electron chi connectivity index (χ2n) is 6.05. The van der Waals surface area contributed by atoms with Crippen LogP contribution in [-0.2, 0) is 23.2 Å². The van der Waals surface area contributed by atoms with Gasteiger partial charge in [-0.2, -0.15) is 4.98 Å². The molecule has 1 unspecified atom stereocenters. The van der Waals surface area contributed by atoms with Gasteiger partial charge in [-0.3, -0.25) is 4.79 Å². The average Bonchev–Trinajstić information content (AvgIpc) is 3.08.